The summed E-state index contributed by atoms with van der Waals surface area (Å²) < 4.78 is 6.84. The Morgan fingerprint density at radius 1 is 0.909 bits per heavy atom. The second-order valence-electron chi connectivity index (χ2n) is 9.04. The van der Waals surface area contributed by atoms with Gasteiger partial charge in [0, 0.05) is 0 Å². The Labute approximate surface area is 197 Å². The van der Waals surface area contributed by atoms with E-state index in [1.54, 1.807) is 0 Å². The van der Waals surface area contributed by atoms with Gasteiger partial charge in [0.25, 0.3) is 8.32 Å². The number of carboxylic acid groups (broad SMARTS) is 1. The number of nitrogens with zero attached hydrogens (tertiary/aromatic N) is 1. The van der Waals surface area contributed by atoms with Gasteiger partial charge in [-0.2, -0.15) is 0 Å². The lowest BCUT2D eigenvalue weighted by atomic mass is 10.2. The van der Waals surface area contributed by atoms with E-state index in [0.717, 1.165) is 20.8 Å². The van der Waals surface area contributed by atoms with Gasteiger partial charge in [-0.3, -0.25) is 4.90 Å². The standard InChI is InChI=1S/C27H32NO4Si/c1-27(2,3)33(24-15-9-5-10-16-24,25-17-11-6-12-18-25)32-21-23(20-29)28(26(30)31)19-22-13-7-4-8-14-22/h4-19,23,29H,20-21H2,1-3H3,(H,30,31). The monoisotopic (exact) mass is 462 g/mol. The molecular weight excluding hydrogens is 430 g/mol. The van der Waals surface area contributed by atoms with Crippen molar-refractivity contribution in [1.29, 1.82) is 0 Å². The molecule has 1 amide bonds. The van der Waals surface area contributed by atoms with Gasteiger partial charge in [0.05, 0.1) is 25.8 Å². The van der Waals surface area contributed by atoms with E-state index in [1.807, 2.05) is 66.7 Å². The molecule has 1 unspecified atom stereocenters. The topological polar surface area (TPSA) is 70.0 Å². The van der Waals surface area contributed by atoms with Crippen LogP contribution in [0.2, 0.25) is 5.04 Å². The number of benzene rings is 3. The first kappa shape index (κ1) is 24.7. The molecule has 5 nitrogen and oxygen atoms in total. The molecule has 0 heterocycles. The minimum atomic E-state index is -2.85. The summed E-state index contributed by atoms with van der Waals surface area (Å²) in [5.74, 6) is 0. The molecule has 0 aromatic heterocycles. The highest BCUT2D eigenvalue weighted by Crippen LogP contribution is 2.37. The number of hydrogen-bond donors (Lipinski definition) is 2. The first-order chi connectivity index (χ1) is 15.8. The summed E-state index contributed by atoms with van der Waals surface area (Å²) in [6.45, 7) is 7.75. The summed E-state index contributed by atoms with van der Waals surface area (Å²) in [5, 5.41) is 22.0. The van der Waals surface area contributed by atoms with Gasteiger partial charge < -0.3 is 14.6 Å². The van der Waals surface area contributed by atoms with Crippen LogP contribution < -0.4 is 10.4 Å². The third-order valence-electron chi connectivity index (χ3n) is 5.82. The molecule has 0 saturated carbocycles. The van der Waals surface area contributed by atoms with Crippen molar-refractivity contribution in [2.24, 2.45) is 0 Å². The lowest BCUT2D eigenvalue weighted by Gasteiger charge is -2.44. The second kappa shape index (κ2) is 10.8. The molecule has 0 spiro atoms. The summed E-state index contributed by atoms with van der Waals surface area (Å²) in [6.07, 6.45) is -1.14. The Kier molecular flexibility index (Phi) is 8.08. The van der Waals surface area contributed by atoms with Gasteiger partial charge in [-0.1, -0.05) is 112 Å². The summed E-state index contributed by atoms with van der Waals surface area (Å²) >= 11 is 0. The van der Waals surface area contributed by atoms with E-state index in [-0.39, 0.29) is 18.3 Å². The number of amides is 1. The largest absolute Gasteiger partial charge is 0.465 e. The van der Waals surface area contributed by atoms with E-state index < -0.39 is 20.5 Å². The van der Waals surface area contributed by atoms with Crippen LogP contribution >= 0.6 is 0 Å². The van der Waals surface area contributed by atoms with Crippen molar-refractivity contribution in [3.63, 3.8) is 0 Å². The van der Waals surface area contributed by atoms with Crippen LogP contribution in [0.3, 0.4) is 0 Å². The van der Waals surface area contributed by atoms with Crippen LogP contribution in [0.5, 0.6) is 0 Å². The normalized spacial score (nSPS) is 12.8. The van der Waals surface area contributed by atoms with Gasteiger partial charge >= 0.3 is 6.09 Å². The Hall–Kier alpha value is -2.93. The molecule has 0 aliphatic carbocycles. The van der Waals surface area contributed by atoms with E-state index in [0.29, 0.717) is 0 Å². The number of carbonyl (C=O) groups is 1. The van der Waals surface area contributed by atoms with Gasteiger partial charge in [0.1, 0.15) is 0 Å². The van der Waals surface area contributed by atoms with Crippen LogP contribution in [-0.2, 0) is 4.43 Å². The number of aliphatic hydroxyl groups excluding tert-OH is 1. The fourth-order valence-electron chi connectivity index (χ4n) is 4.22. The Bertz CT molecular complexity index is 967. The Morgan fingerprint density at radius 3 is 1.76 bits per heavy atom. The van der Waals surface area contributed by atoms with E-state index in [9.17, 15) is 15.0 Å². The van der Waals surface area contributed by atoms with E-state index >= 15 is 0 Å². The van der Waals surface area contributed by atoms with Crippen LogP contribution in [0.15, 0.2) is 91.0 Å². The minimum Gasteiger partial charge on any atom is -0.465 e. The van der Waals surface area contributed by atoms with E-state index in [2.05, 4.69) is 45.0 Å². The highest BCUT2D eigenvalue weighted by atomic mass is 28.4. The molecule has 6 heteroatoms. The van der Waals surface area contributed by atoms with Crippen LogP contribution in [0.4, 0.5) is 4.79 Å². The molecule has 33 heavy (non-hydrogen) atoms. The van der Waals surface area contributed by atoms with Gasteiger partial charge in [0.15, 0.2) is 0 Å². The fourth-order valence-corrected chi connectivity index (χ4v) is 8.82. The van der Waals surface area contributed by atoms with E-state index in [4.69, 9.17) is 4.43 Å². The van der Waals surface area contributed by atoms with E-state index in [1.165, 1.54) is 6.54 Å². The lowest BCUT2D eigenvalue weighted by Crippen LogP contribution is -2.67. The smallest absolute Gasteiger partial charge is 0.408 e. The molecule has 0 saturated heterocycles. The van der Waals surface area contributed by atoms with Crippen LogP contribution in [0.1, 0.15) is 26.3 Å². The SMILES string of the molecule is CC(C)(C)[Si](OCC(CO)N([CH]c1ccccc1)C(=O)O)(c1ccccc1)c1ccccc1. The second-order valence-corrected chi connectivity index (χ2v) is 13.3. The number of hydrogen-bond acceptors (Lipinski definition) is 3. The third-order valence-corrected chi connectivity index (χ3v) is 10.8. The average Bonchev–Trinajstić information content (AvgIpc) is 2.82. The lowest BCUT2D eigenvalue weighted by molar-refractivity contribution is 0.0880. The fraction of sp³-hybridized carbons (Fsp3) is 0.259. The molecule has 173 valence electrons. The van der Waals surface area contributed by atoms with Gasteiger partial charge in [-0.05, 0) is 21.0 Å². The van der Waals surface area contributed by atoms with Crippen LogP contribution in [0.25, 0.3) is 0 Å². The Balaban J connectivity index is 1.99. The maximum Gasteiger partial charge on any atom is 0.408 e. The van der Waals surface area contributed by atoms with Crippen molar-refractivity contribution in [2.45, 2.75) is 31.9 Å². The predicted octanol–water partition coefficient (Wildman–Crippen LogP) is 4.11. The molecule has 3 aromatic carbocycles. The summed E-state index contributed by atoms with van der Waals surface area (Å²) in [7, 11) is -2.85. The van der Waals surface area contributed by atoms with Crippen LogP contribution in [-0.4, -0.2) is 48.8 Å². The number of aliphatic hydroxyl groups is 1. The zero-order valence-corrected chi connectivity index (χ0v) is 20.4. The first-order valence-electron chi connectivity index (χ1n) is 11.1. The van der Waals surface area contributed by atoms with Crippen molar-refractivity contribution in [3.8, 4) is 0 Å². The zero-order chi connectivity index (χ0) is 23.9. The molecule has 0 aliphatic heterocycles. The summed E-state index contributed by atoms with van der Waals surface area (Å²) in [4.78, 5) is 13.3. The molecule has 0 aliphatic rings. The molecule has 0 bridgehead atoms. The van der Waals surface area contributed by atoms with Crippen molar-refractivity contribution >= 4 is 24.8 Å². The molecule has 2 N–H and O–H groups in total. The molecule has 3 aromatic rings. The van der Waals surface area contributed by atoms with Crippen molar-refractivity contribution in [3.05, 3.63) is 103 Å². The van der Waals surface area contributed by atoms with Gasteiger partial charge in [-0.25, -0.2) is 4.79 Å². The third kappa shape index (κ3) is 5.53. The highest BCUT2D eigenvalue weighted by Gasteiger charge is 2.50. The van der Waals surface area contributed by atoms with Gasteiger partial charge in [-0.15, -0.1) is 0 Å². The molecule has 1 atom stereocenters. The average molecular weight is 463 g/mol. The summed E-state index contributed by atoms with van der Waals surface area (Å²) in [6, 6.07) is 28.8. The maximum absolute atomic E-state index is 12.1. The van der Waals surface area contributed by atoms with Crippen molar-refractivity contribution < 1.29 is 19.4 Å². The predicted molar refractivity (Wildman–Crippen MR) is 134 cm³/mol. The quantitative estimate of drug-likeness (QED) is 0.470. The van der Waals surface area contributed by atoms with Crippen molar-refractivity contribution in [1.82, 2.24) is 4.90 Å². The summed E-state index contributed by atoms with van der Waals surface area (Å²) in [5.41, 5.74) is 0.740. The maximum atomic E-state index is 12.1. The highest BCUT2D eigenvalue weighted by molar-refractivity contribution is 6.99. The van der Waals surface area contributed by atoms with Gasteiger partial charge in [0.2, 0.25) is 0 Å². The minimum absolute atomic E-state index is 0.0689. The Morgan fingerprint density at radius 2 is 1.36 bits per heavy atom. The molecule has 0 fully saturated rings. The number of rotatable bonds is 9. The molecule has 1 radical (unpaired) electrons. The van der Waals surface area contributed by atoms with Crippen molar-refractivity contribution in [2.75, 3.05) is 13.2 Å². The zero-order valence-electron chi connectivity index (χ0n) is 19.4. The van der Waals surface area contributed by atoms with Crippen LogP contribution in [0, 0.1) is 6.54 Å². The molecular formula is C27H32NO4Si. The first-order valence-corrected chi connectivity index (χ1v) is 13.0. The molecule has 3 rings (SSSR count).